The number of aliphatic carboxylic acids is 1. The lowest BCUT2D eigenvalue weighted by Gasteiger charge is -2.39. The summed E-state index contributed by atoms with van der Waals surface area (Å²) in [4.78, 5) is 40.7. The Labute approximate surface area is 235 Å². The van der Waals surface area contributed by atoms with Crippen LogP contribution < -0.4 is 4.59 Å². The molecule has 2 amide bonds. The number of aromatic nitrogens is 4. The number of fused-ring (bicyclic) bond motifs is 2. The second kappa shape index (κ2) is 9.37. The number of likely N-dealkylation sites (N-methyl/N-ethyl adjacent to an activating group) is 1. The van der Waals surface area contributed by atoms with Crippen LogP contribution in [-0.2, 0) is 20.9 Å². The molecule has 1 fully saturated rings. The van der Waals surface area contributed by atoms with E-state index in [9.17, 15) is 14.4 Å². The number of halogens is 1. The monoisotopic (exact) mass is 563 g/mol. The number of ether oxygens (including phenoxy) is 1. The van der Waals surface area contributed by atoms with Gasteiger partial charge in [-0.15, -0.1) is 9.69 Å². The molecular weight excluding hydrogens is 531 g/mol. The van der Waals surface area contributed by atoms with Gasteiger partial charge in [0.2, 0.25) is 5.91 Å². The average Bonchev–Trinajstić information content (AvgIpc) is 3.47. The Balaban J connectivity index is 1.56. The van der Waals surface area contributed by atoms with Crippen molar-refractivity contribution in [1.29, 1.82) is 0 Å². The number of hydrogen-bond acceptors (Lipinski definition) is 6. The number of nitrogens with zero attached hydrogens (tertiary/aromatic N) is 6. The second-order valence-corrected chi connectivity index (χ2v) is 11.9. The molecule has 3 aliphatic rings. The maximum absolute atomic E-state index is 15.8. The van der Waals surface area contributed by atoms with Gasteiger partial charge in [-0.3, -0.25) is 14.3 Å². The third-order valence-corrected chi connectivity index (χ3v) is 7.99. The minimum Gasteiger partial charge on any atom is -0.480 e. The van der Waals surface area contributed by atoms with E-state index in [2.05, 4.69) is 5.10 Å². The summed E-state index contributed by atoms with van der Waals surface area (Å²) in [5, 5.41) is 19.9. The molecule has 4 bridgehead atoms. The van der Waals surface area contributed by atoms with Crippen molar-refractivity contribution in [3.8, 4) is 11.1 Å². The van der Waals surface area contributed by atoms with Crippen molar-refractivity contribution < 1.29 is 28.6 Å². The van der Waals surface area contributed by atoms with Gasteiger partial charge >= 0.3 is 12.1 Å². The van der Waals surface area contributed by atoms with Crippen molar-refractivity contribution in [1.82, 2.24) is 29.2 Å². The molecule has 0 atom stereocenters. The Morgan fingerprint density at radius 1 is 1.15 bits per heavy atom. The van der Waals surface area contributed by atoms with Crippen LogP contribution in [0, 0.1) is 5.82 Å². The molecule has 0 radical (unpaired) electrons. The lowest BCUT2D eigenvalue weighted by molar-refractivity contribution is -0.143. The quantitative estimate of drug-likeness (QED) is 0.373. The van der Waals surface area contributed by atoms with E-state index < -0.39 is 35.9 Å². The van der Waals surface area contributed by atoms with E-state index in [1.165, 1.54) is 13.1 Å². The van der Waals surface area contributed by atoms with E-state index in [4.69, 9.17) is 14.9 Å². The number of piperidine rings is 1. The topological polar surface area (TPSA) is 120 Å². The Hall–Kier alpha value is -4.32. The minimum absolute atomic E-state index is 0.0777. The lowest BCUT2D eigenvalue weighted by atomic mass is 9.89. The number of quaternary nitrogens is 1. The van der Waals surface area contributed by atoms with Crippen molar-refractivity contribution in [2.45, 2.75) is 51.7 Å². The van der Waals surface area contributed by atoms with Crippen LogP contribution >= 0.6 is 0 Å². The molecule has 0 saturated carbocycles. The normalized spacial score (nSPS) is 19.9. The van der Waals surface area contributed by atoms with Crippen LogP contribution in [0.3, 0.4) is 0 Å². The fourth-order valence-electron chi connectivity index (χ4n) is 6.04. The highest BCUT2D eigenvalue weighted by Crippen LogP contribution is 2.42. The molecule has 0 spiro atoms. The number of hydrogen-bond donors (Lipinski definition) is 1. The molecule has 214 valence electrons. The van der Waals surface area contributed by atoms with E-state index in [-0.39, 0.29) is 17.1 Å². The third-order valence-electron chi connectivity index (χ3n) is 7.99. The first-order chi connectivity index (χ1) is 19.4. The molecular formula is C29H32FN6O5+. The Bertz CT molecular complexity index is 1730. The van der Waals surface area contributed by atoms with E-state index in [0.717, 1.165) is 16.0 Å². The summed E-state index contributed by atoms with van der Waals surface area (Å²) in [5.74, 6) is -2.03. The molecule has 41 heavy (non-hydrogen) atoms. The van der Waals surface area contributed by atoms with E-state index in [1.807, 2.05) is 32.9 Å². The van der Waals surface area contributed by atoms with Gasteiger partial charge in [0, 0.05) is 42.1 Å². The van der Waals surface area contributed by atoms with Gasteiger partial charge in [0.25, 0.3) is 0 Å². The van der Waals surface area contributed by atoms with Gasteiger partial charge in [0.15, 0.2) is 0 Å². The molecule has 0 unspecified atom stereocenters. The maximum atomic E-state index is 15.8. The highest BCUT2D eigenvalue weighted by Gasteiger charge is 2.49. The van der Waals surface area contributed by atoms with Gasteiger partial charge < -0.3 is 14.7 Å². The molecule has 2 aromatic heterocycles. The average molecular weight is 564 g/mol. The smallest absolute Gasteiger partial charge is 0.480 e. The molecule has 12 heteroatoms. The Morgan fingerprint density at radius 2 is 1.88 bits per heavy atom. The summed E-state index contributed by atoms with van der Waals surface area (Å²) in [6.45, 7) is 5.66. The van der Waals surface area contributed by atoms with Crippen LogP contribution in [0.2, 0.25) is 0 Å². The number of carboxylic acid groups (broad SMARTS) is 1. The van der Waals surface area contributed by atoms with Crippen molar-refractivity contribution in [2.75, 3.05) is 26.7 Å². The van der Waals surface area contributed by atoms with Crippen molar-refractivity contribution >= 4 is 39.8 Å². The highest BCUT2D eigenvalue weighted by atomic mass is 19.1. The number of amides is 2. The van der Waals surface area contributed by atoms with Crippen molar-refractivity contribution in [2.24, 2.45) is 0 Å². The van der Waals surface area contributed by atoms with E-state index in [0.29, 0.717) is 53.5 Å². The van der Waals surface area contributed by atoms with Gasteiger partial charge in [-0.1, -0.05) is 16.9 Å². The Kier molecular flexibility index (Phi) is 6.14. The van der Waals surface area contributed by atoms with E-state index in [1.54, 1.807) is 27.8 Å². The highest BCUT2D eigenvalue weighted by molar-refractivity contribution is 6.00. The summed E-state index contributed by atoms with van der Waals surface area (Å²) in [6, 6.07) is 8.62. The molecule has 0 aliphatic carbocycles. The molecule has 5 heterocycles. The van der Waals surface area contributed by atoms with E-state index >= 15 is 4.39 Å². The van der Waals surface area contributed by atoms with Gasteiger partial charge in [-0.2, -0.15) is 9.89 Å². The van der Waals surface area contributed by atoms with Gasteiger partial charge in [-0.25, -0.2) is 4.39 Å². The van der Waals surface area contributed by atoms with Crippen LogP contribution in [-0.4, -0.2) is 79.9 Å². The number of carbonyl (C=O) groups excluding carboxylic acids is 2. The SMILES string of the molecule is CN(CC(=O)O)C(=O)Cn1nc2c3c(cccc31)-c1cc3c(cnn3[N+]3(C(=O)OC(C)(C)C)CCC2CC3)cc1F. The number of carboxylic acids is 1. The fraction of sp³-hybridized carbons (Fsp3) is 0.414. The van der Waals surface area contributed by atoms with Crippen LogP contribution in [0.5, 0.6) is 0 Å². The summed E-state index contributed by atoms with van der Waals surface area (Å²) < 4.78 is 23.1. The first-order valence-electron chi connectivity index (χ1n) is 13.6. The predicted molar refractivity (Wildman–Crippen MR) is 149 cm³/mol. The number of rotatable bonds is 4. The molecule has 2 aromatic carbocycles. The molecule has 3 aliphatic heterocycles. The third kappa shape index (κ3) is 4.42. The lowest BCUT2D eigenvalue weighted by Crippen LogP contribution is -2.66. The first kappa shape index (κ1) is 26.9. The zero-order valence-electron chi connectivity index (χ0n) is 23.4. The summed E-state index contributed by atoms with van der Waals surface area (Å²) >= 11 is 0. The molecule has 1 N–H and O–H groups in total. The van der Waals surface area contributed by atoms with Crippen molar-refractivity contribution in [3.05, 3.63) is 48.0 Å². The van der Waals surface area contributed by atoms with Crippen LogP contribution in [0.1, 0.15) is 45.2 Å². The van der Waals surface area contributed by atoms with Crippen LogP contribution in [0.15, 0.2) is 36.5 Å². The second-order valence-electron chi connectivity index (χ2n) is 11.9. The van der Waals surface area contributed by atoms with Gasteiger partial charge in [0.1, 0.15) is 43.1 Å². The molecule has 1 saturated heterocycles. The van der Waals surface area contributed by atoms with Crippen LogP contribution in [0.25, 0.3) is 32.9 Å². The van der Waals surface area contributed by atoms with Gasteiger partial charge in [-0.05, 0) is 44.5 Å². The summed E-state index contributed by atoms with van der Waals surface area (Å²) in [5.41, 5.74) is 2.25. The fourth-order valence-corrected chi connectivity index (χ4v) is 6.04. The number of benzene rings is 2. The first-order valence-corrected chi connectivity index (χ1v) is 13.6. The largest absolute Gasteiger partial charge is 0.543 e. The molecule has 4 aromatic rings. The Morgan fingerprint density at radius 3 is 2.56 bits per heavy atom. The molecule has 11 nitrogen and oxygen atoms in total. The predicted octanol–water partition coefficient (Wildman–Crippen LogP) is 4.00. The van der Waals surface area contributed by atoms with Gasteiger partial charge in [0.05, 0.1) is 17.4 Å². The maximum Gasteiger partial charge on any atom is 0.543 e. The van der Waals surface area contributed by atoms with Crippen LogP contribution in [0.4, 0.5) is 9.18 Å². The minimum atomic E-state index is -1.11. The summed E-state index contributed by atoms with van der Waals surface area (Å²) in [6.07, 6.45) is 2.30. The standard InChI is InChI=1S/C29H31FN6O5/c1-29(2,3)41-28(40)36-10-8-17(9-11-36)27-26-19(20-13-23-18(12-21(20)30)14-31-35(23)36)6-5-7-22(26)34(32-27)15-24(37)33(4)16-25(38)39/h5-7,12-14,17H,8-11,15-16H2,1-4H3/p+1. The van der Waals surface area contributed by atoms with Crippen molar-refractivity contribution in [3.63, 3.8) is 0 Å². The zero-order valence-corrected chi connectivity index (χ0v) is 23.4. The molecule has 7 rings (SSSR count). The zero-order chi connectivity index (χ0) is 29.3. The summed E-state index contributed by atoms with van der Waals surface area (Å²) in [7, 11) is 1.43. The number of carbonyl (C=O) groups is 3.